The van der Waals surface area contributed by atoms with E-state index in [9.17, 15) is 9.18 Å². The maximum Gasteiger partial charge on any atom is 0.266 e. The number of amides is 1. The van der Waals surface area contributed by atoms with Gasteiger partial charge in [-0.15, -0.1) is 11.3 Å². The molecule has 3 nitrogen and oxygen atoms in total. The molecule has 1 amide bonds. The third-order valence-electron chi connectivity index (χ3n) is 3.20. The largest absolute Gasteiger partial charge is 0.306 e. The number of carbonyl (C=O) groups is 1. The molecule has 0 fully saturated rings. The van der Waals surface area contributed by atoms with Crippen LogP contribution in [0.3, 0.4) is 0 Å². The van der Waals surface area contributed by atoms with Crippen LogP contribution >= 0.6 is 11.3 Å². The number of pyridine rings is 1. The molecule has 5 heteroatoms. The monoisotopic (exact) mass is 312 g/mol. The highest BCUT2D eigenvalue weighted by atomic mass is 32.1. The number of benzene rings is 1. The van der Waals surface area contributed by atoms with Crippen molar-refractivity contribution in [3.63, 3.8) is 0 Å². The van der Waals surface area contributed by atoms with Crippen LogP contribution in [0, 0.1) is 12.7 Å². The molecule has 2 heterocycles. The van der Waals surface area contributed by atoms with Crippen LogP contribution in [0.1, 0.15) is 15.2 Å². The Bertz CT molecular complexity index is 812. The molecule has 0 saturated carbocycles. The first-order valence-corrected chi connectivity index (χ1v) is 7.54. The van der Waals surface area contributed by atoms with Crippen LogP contribution in [0.2, 0.25) is 0 Å². The van der Waals surface area contributed by atoms with Crippen molar-refractivity contribution in [2.24, 2.45) is 0 Å². The Morgan fingerprint density at radius 1 is 1.14 bits per heavy atom. The van der Waals surface area contributed by atoms with Gasteiger partial charge in [-0.3, -0.25) is 4.79 Å². The summed E-state index contributed by atoms with van der Waals surface area (Å²) in [5.41, 5.74) is 1.80. The fourth-order valence-corrected chi connectivity index (χ4v) is 2.92. The minimum absolute atomic E-state index is 0.194. The van der Waals surface area contributed by atoms with Crippen molar-refractivity contribution < 1.29 is 9.18 Å². The highest BCUT2D eigenvalue weighted by molar-refractivity contribution is 7.17. The Morgan fingerprint density at radius 3 is 2.64 bits per heavy atom. The number of rotatable bonds is 3. The number of anilines is 1. The maximum atomic E-state index is 12.9. The lowest BCUT2D eigenvalue weighted by Gasteiger charge is -2.05. The number of halogens is 1. The lowest BCUT2D eigenvalue weighted by molar-refractivity contribution is 0.103. The summed E-state index contributed by atoms with van der Waals surface area (Å²) >= 11 is 1.36. The van der Waals surface area contributed by atoms with E-state index < -0.39 is 0 Å². The minimum atomic E-state index is -0.274. The molecule has 2 aromatic heterocycles. The van der Waals surface area contributed by atoms with Gasteiger partial charge in [-0.05, 0) is 48.4 Å². The zero-order valence-electron chi connectivity index (χ0n) is 11.8. The number of nitrogens with zero attached hydrogens (tertiary/aromatic N) is 1. The lowest BCUT2D eigenvalue weighted by Crippen LogP contribution is -2.12. The van der Waals surface area contributed by atoms with Crippen LogP contribution in [0.25, 0.3) is 10.4 Å². The van der Waals surface area contributed by atoms with Crippen molar-refractivity contribution in [3.05, 3.63) is 71.0 Å². The third-order valence-corrected chi connectivity index (χ3v) is 4.33. The average molecular weight is 312 g/mol. The maximum absolute atomic E-state index is 12.9. The number of carbonyl (C=O) groups excluding carboxylic acids is 1. The molecular formula is C17H13FN2OS. The second kappa shape index (κ2) is 6.07. The smallest absolute Gasteiger partial charge is 0.266 e. The normalized spacial score (nSPS) is 10.5. The molecule has 0 radical (unpaired) electrons. The fraction of sp³-hybridized carbons (Fsp3) is 0.0588. The molecule has 0 unspecified atom stereocenters. The topological polar surface area (TPSA) is 42.0 Å². The summed E-state index contributed by atoms with van der Waals surface area (Å²) in [7, 11) is 0. The first-order chi connectivity index (χ1) is 10.6. The van der Waals surface area contributed by atoms with Gasteiger partial charge in [0.2, 0.25) is 0 Å². The zero-order chi connectivity index (χ0) is 15.5. The van der Waals surface area contributed by atoms with Gasteiger partial charge in [0, 0.05) is 11.1 Å². The van der Waals surface area contributed by atoms with Gasteiger partial charge in [-0.25, -0.2) is 9.37 Å². The van der Waals surface area contributed by atoms with E-state index in [0.717, 1.165) is 16.0 Å². The van der Waals surface area contributed by atoms with E-state index in [4.69, 9.17) is 0 Å². The summed E-state index contributed by atoms with van der Waals surface area (Å²) in [6, 6.07) is 13.6. The van der Waals surface area contributed by atoms with Gasteiger partial charge in [-0.1, -0.05) is 18.2 Å². The molecule has 3 aromatic rings. The van der Waals surface area contributed by atoms with Crippen molar-refractivity contribution in [2.45, 2.75) is 6.92 Å². The van der Waals surface area contributed by atoms with Crippen molar-refractivity contribution in [1.29, 1.82) is 0 Å². The quantitative estimate of drug-likeness (QED) is 0.773. The summed E-state index contributed by atoms with van der Waals surface area (Å²) in [5.74, 6) is 0.0910. The third kappa shape index (κ3) is 3.04. The highest BCUT2D eigenvalue weighted by Crippen LogP contribution is 2.28. The van der Waals surface area contributed by atoms with Crippen molar-refractivity contribution >= 4 is 23.1 Å². The van der Waals surface area contributed by atoms with E-state index in [1.807, 2.05) is 25.1 Å². The van der Waals surface area contributed by atoms with E-state index in [0.29, 0.717) is 10.7 Å². The second-order valence-electron chi connectivity index (χ2n) is 4.79. The van der Waals surface area contributed by atoms with Crippen LogP contribution in [-0.2, 0) is 0 Å². The molecule has 0 aliphatic heterocycles. The minimum Gasteiger partial charge on any atom is -0.306 e. The van der Waals surface area contributed by atoms with Crippen molar-refractivity contribution in [1.82, 2.24) is 4.98 Å². The predicted octanol–water partition coefficient (Wildman–Crippen LogP) is 4.51. The molecule has 22 heavy (non-hydrogen) atoms. The van der Waals surface area contributed by atoms with E-state index >= 15 is 0 Å². The van der Waals surface area contributed by atoms with Crippen molar-refractivity contribution in [3.8, 4) is 10.4 Å². The summed E-state index contributed by atoms with van der Waals surface area (Å²) in [6.07, 6.45) is 1.64. The first-order valence-electron chi connectivity index (χ1n) is 6.72. The van der Waals surface area contributed by atoms with E-state index in [-0.39, 0.29) is 11.7 Å². The molecular weight excluding hydrogens is 299 g/mol. The van der Waals surface area contributed by atoms with Crippen LogP contribution in [0.5, 0.6) is 0 Å². The second-order valence-corrected chi connectivity index (χ2v) is 5.88. The Hall–Kier alpha value is -2.53. The van der Waals surface area contributed by atoms with Gasteiger partial charge in [0.1, 0.15) is 11.6 Å². The SMILES string of the molecule is Cc1cccnc1NC(=O)c1ccc(-c2ccc(F)cc2)s1. The Balaban J connectivity index is 1.80. The Labute approximate surface area is 131 Å². The summed E-state index contributed by atoms with van der Waals surface area (Å²) in [4.78, 5) is 17.9. The predicted molar refractivity (Wildman–Crippen MR) is 86.6 cm³/mol. The van der Waals surface area contributed by atoms with Gasteiger partial charge in [0.15, 0.2) is 0 Å². The fourth-order valence-electron chi connectivity index (χ4n) is 2.01. The number of nitrogens with one attached hydrogen (secondary N) is 1. The lowest BCUT2D eigenvalue weighted by atomic mass is 10.2. The molecule has 0 aliphatic carbocycles. The molecule has 3 rings (SSSR count). The standard InChI is InChI=1S/C17H13FN2OS/c1-11-3-2-10-19-16(11)20-17(21)15-9-8-14(22-15)12-4-6-13(18)7-5-12/h2-10H,1H3,(H,19,20,21). The average Bonchev–Trinajstić information content (AvgIpc) is 3.00. The number of hydrogen-bond acceptors (Lipinski definition) is 3. The van der Waals surface area contributed by atoms with Gasteiger partial charge >= 0.3 is 0 Å². The zero-order valence-corrected chi connectivity index (χ0v) is 12.7. The highest BCUT2D eigenvalue weighted by Gasteiger charge is 2.12. The van der Waals surface area contributed by atoms with Crippen LogP contribution in [0.4, 0.5) is 10.2 Å². The van der Waals surface area contributed by atoms with E-state index in [1.165, 1.54) is 23.5 Å². The molecule has 0 spiro atoms. The number of thiophene rings is 1. The van der Waals surface area contributed by atoms with Crippen LogP contribution in [-0.4, -0.2) is 10.9 Å². The Morgan fingerprint density at radius 2 is 1.91 bits per heavy atom. The van der Waals surface area contributed by atoms with Gasteiger partial charge in [0.05, 0.1) is 4.88 Å². The van der Waals surface area contributed by atoms with Gasteiger partial charge in [-0.2, -0.15) is 0 Å². The molecule has 0 saturated heterocycles. The first kappa shape index (κ1) is 14.4. The summed E-state index contributed by atoms with van der Waals surface area (Å²) < 4.78 is 12.9. The molecule has 110 valence electrons. The van der Waals surface area contributed by atoms with E-state index in [1.54, 1.807) is 24.4 Å². The molecule has 0 aliphatic rings. The summed E-state index contributed by atoms with van der Waals surface area (Å²) in [6.45, 7) is 1.89. The summed E-state index contributed by atoms with van der Waals surface area (Å²) in [5, 5.41) is 2.80. The molecule has 0 bridgehead atoms. The van der Waals surface area contributed by atoms with Gasteiger partial charge < -0.3 is 5.32 Å². The number of hydrogen-bond donors (Lipinski definition) is 1. The van der Waals surface area contributed by atoms with Crippen molar-refractivity contribution in [2.75, 3.05) is 5.32 Å². The molecule has 1 aromatic carbocycles. The molecule has 0 atom stereocenters. The van der Waals surface area contributed by atoms with Crippen LogP contribution in [0.15, 0.2) is 54.7 Å². The number of aryl methyl sites for hydroxylation is 1. The molecule has 1 N–H and O–H groups in total. The van der Waals surface area contributed by atoms with E-state index in [2.05, 4.69) is 10.3 Å². The number of aromatic nitrogens is 1. The van der Waals surface area contributed by atoms with Crippen LogP contribution < -0.4 is 5.32 Å². The van der Waals surface area contributed by atoms with Gasteiger partial charge in [0.25, 0.3) is 5.91 Å². The Kier molecular flexibility index (Phi) is 3.98.